The maximum atomic E-state index is 13.1. The molecular formula is C22H23FN4O4S2. The Morgan fingerprint density at radius 2 is 1.82 bits per heavy atom. The number of thiazole rings is 1. The minimum atomic E-state index is -3.94. The minimum absolute atomic E-state index is 0.0849. The first-order valence-corrected chi connectivity index (χ1v) is 12.5. The highest BCUT2D eigenvalue weighted by Crippen LogP contribution is 2.28. The molecule has 174 valence electrons. The number of rotatable bonds is 6. The molecule has 0 aliphatic carbocycles. The van der Waals surface area contributed by atoms with Crippen molar-refractivity contribution in [1.82, 2.24) is 9.88 Å². The molecule has 0 unspecified atom stereocenters. The first-order valence-electron chi connectivity index (χ1n) is 10.2. The third-order valence-corrected chi connectivity index (χ3v) is 7.87. The van der Waals surface area contributed by atoms with Crippen molar-refractivity contribution in [1.29, 1.82) is 0 Å². The molecule has 11 heteroatoms. The lowest BCUT2D eigenvalue weighted by Crippen LogP contribution is -2.48. The van der Waals surface area contributed by atoms with Crippen LogP contribution in [0.2, 0.25) is 0 Å². The highest BCUT2D eigenvalue weighted by atomic mass is 32.2. The molecule has 0 radical (unpaired) electrons. The van der Waals surface area contributed by atoms with Crippen molar-refractivity contribution in [2.45, 2.75) is 11.8 Å². The standard InChI is InChI=1S/C22H23FN4O4S2/c1-15-20(32-22(24-15)25-33(29,30)19-8-6-16(23)7-9-19)21(28)27-12-10-26(11-13-27)17-4-3-5-18(14-17)31-2/h3-9,14H,10-13H2,1-2H3,(H,24,25). The van der Waals surface area contributed by atoms with Gasteiger partial charge in [0.05, 0.1) is 17.7 Å². The van der Waals surface area contributed by atoms with Gasteiger partial charge in [-0.3, -0.25) is 9.52 Å². The molecular weight excluding hydrogens is 467 g/mol. The van der Waals surface area contributed by atoms with Gasteiger partial charge in [-0.15, -0.1) is 0 Å². The summed E-state index contributed by atoms with van der Waals surface area (Å²) in [6, 6.07) is 12.3. The third-order valence-electron chi connectivity index (χ3n) is 5.32. The predicted molar refractivity (Wildman–Crippen MR) is 125 cm³/mol. The molecule has 2 aromatic carbocycles. The zero-order valence-electron chi connectivity index (χ0n) is 18.1. The predicted octanol–water partition coefficient (Wildman–Crippen LogP) is 3.36. The summed E-state index contributed by atoms with van der Waals surface area (Å²) in [5.74, 6) is 0.0721. The van der Waals surface area contributed by atoms with Crippen LogP contribution in [0, 0.1) is 12.7 Å². The van der Waals surface area contributed by atoms with Gasteiger partial charge in [-0.05, 0) is 43.3 Å². The van der Waals surface area contributed by atoms with E-state index in [-0.39, 0.29) is 15.9 Å². The van der Waals surface area contributed by atoms with Gasteiger partial charge in [-0.2, -0.15) is 0 Å². The number of benzene rings is 2. The fourth-order valence-corrected chi connectivity index (χ4v) is 5.71. The summed E-state index contributed by atoms with van der Waals surface area (Å²) >= 11 is 0.991. The molecule has 33 heavy (non-hydrogen) atoms. The van der Waals surface area contributed by atoms with Crippen molar-refractivity contribution >= 4 is 38.1 Å². The molecule has 8 nitrogen and oxygen atoms in total. The van der Waals surface area contributed by atoms with Crippen LogP contribution in [0.5, 0.6) is 5.75 Å². The van der Waals surface area contributed by atoms with E-state index in [1.54, 1.807) is 18.9 Å². The van der Waals surface area contributed by atoms with E-state index in [0.717, 1.165) is 34.9 Å². The Kier molecular flexibility index (Phi) is 6.52. The van der Waals surface area contributed by atoms with E-state index in [9.17, 15) is 17.6 Å². The van der Waals surface area contributed by atoms with Gasteiger partial charge < -0.3 is 14.5 Å². The van der Waals surface area contributed by atoms with E-state index in [1.165, 1.54) is 12.1 Å². The molecule has 0 atom stereocenters. The van der Waals surface area contributed by atoms with Crippen LogP contribution in [0.25, 0.3) is 0 Å². The molecule has 2 heterocycles. The molecule has 0 spiro atoms. The van der Waals surface area contributed by atoms with Crippen molar-refractivity contribution in [3.63, 3.8) is 0 Å². The molecule has 4 rings (SSSR count). The number of piperazine rings is 1. The number of carbonyl (C=O) groups excluding carboxylic acids is 1. The summed E-state index contributed by atoms with van der Waals surface area (Å²) in [6.07, 6.45) is 0. The van der Waals surface area contributed by atoms with Gasteiger partial charge >= 0.3 is 0 Å². The van der Waals surface area contributed by atoms with E-state index in [0.29, 0.717) is 36.8 Å². The quantitative estimate of drug-likeness (QED) is 0.570. The Morgan fingerprint density at radius 1 is 1.12 bits per heavy atom. The van der Waals surface area contributed by atoms with Gasteiger partial charge in [0.15, 0.2) is 5.13 Å². The number of amides is 1. The second kappa shape index (κ2) is 9.36. The molecule has 1 aromatic heterocycles. The summed E-state index contributed by atoms with van der Waals surface area (Å²) in [4.78, 5) is 21.5. The maximum Gasteiger partial charge on any atom is 0.266 e. The lowest BCUT2D eigenvalue weighted by atomic mass is 10.2. The molecule has 0 saturated carbocycles. The monoisotopic (exact) mass is 490 g/mol. The van der Waals surface area contributed by atoms with Gasteiger partial charge in [0, 0.05) is 37.9 Å². The number of anilines is 2. The number of aryl methyl sites for hydroxylation is 1. The van der Waals surface area contributed by atoms with Gasteiger partial charge in [-0.25, -0.2) is 17.8 Å². The summed E-state index contributed by atoms with van der Waals surface area (Å²) in [5.41, 5.74) is 1.49. The number of nitrogens with zero attached hydrogens (tertiary/aromatic N) is 3. The average molecular weight is 491 g/mol. The van der Waals surface area contributed by atoms with Crippen LogP contribution in [0.15, 0.2) is 53.4 Å². The van der Waals surface area contributed by atoms with Crippen LogP contribution >= 0.6 is 11.3 Å². The number of nitrogens with one attached hydrogen (secondary N) is 1. The second-order valence-corrected chi connectivity index (χ2v) is 10.2. The SMILES string of the molecule is COc1cccc(N2CCN(C(=O)c3sc(NS(=O)(=O)c4ccc(F)cc4)nc3C)CC2)c1. The highest BCUT2D eigenvalue weighted by Gasteiger charge is 2.27. The fraction of sp³-hybridized carbons (Fsp3) is 0.273. The van der Waals surface area contributed by atoms with E-state index in [1.807, 2.05) is 24.3 Å². The van der Waals surface area contributed by atoms with Gasteiger partial charge in [-0.1, -0.05) is 17.4 Å². The topological polar surface area (TPSA) is 91.8 Å². The highest BCUT2D eigenvalue weighted by molar-refractivity contribution is 7.93. The van der Waals surface area contributed by atoms with Crippen molar-refractivity contribution in [3.05, 3.63) is 64.9 Å². The molecule has 1 aliphatic rings. The van der Waals surface area contributed by atoms with Crippen molar-refractivity contribution in [2.75, 3.05) is 42.9 Å². The van der Waals surface area contributed by atoms with E-state index < -0.39 is 15.8 Å². The molecule has 1 N–H and O–H groups in total. The lowest BCUT2D eigenvalue weighted by Gasteiger charge is -2.36. The first kappa shape index (κ1) is 23.0. The van der Waals surface area contributed by atoms with Crippen LogP contribution in [0.3, 0.4) is 0 Å². The van der Waals surface area contributed by atoms with Gasteiger partial charge in [0.2, 0.25) is 0 Å². The second-order valence-electron chi connectivity index (χ2n) is 7.47. The third kappa shape index (κ3) is 5.09. The Bertz CT molecular complexity index is 1250. The number of halogens is 1. The average Bonchev–Trinajstić information content (AvgIpc) is 3.18. The smallest absolute Gasteiger partial charge is 0.266 e. The summed E-state index contributed by atoms with van der Waals surface area (Å²) < 4.78 is 45.9. The Labute approximate surface area is 195 Å². The number of methoxy groups -OCH3 is 1. The maximum absolute atomic E-state index is 13.1. The normalized spacial score (nSPS) is 14.3. The molecule has 0 bridgehead atoms. The van der Waals surface area contributed by atoms with E-state index in [4.69, 9.17) is 4.74 Å². The van der Waals surface area contributed by atoms with Crippen LogP contribution in [-0.4, -0.2) is 57.5 Å². The number of carbonyl (C=O) groups is 1. The molecule has 1 fully saturated rings. The lowest BCUT2D eigenvalue weighted by molar-refractivity contribution is 0.0750. The zero-order chi connectivity index (χ0) is 23.6. The number of aromatic nitrogens is 1. The fourth-order valence-electron chi connectivity index (χ4n) is 3.54. The summed E-state index contributed by atoms with van der Waals surface area (Å²) in [5, 5.41) is 0.0928. The van der Waals surface area contributed by atoms with Gasteiger partial charge in [0.25, 0.3) is 15.9 Å². The van der Waals surface area contributed by atoms with Crippen LogP contribution < -0.4 is 14.4 Å². The Morgan fingerprint density at radius 3 is 2.48 bits per heavy atom. The number of sulfonamides is 1. The minimum Gasteiger partial charge on any atom is -0.497 e. The van der Waals surface area contributed by atoms with Gasteiger partial charge in [0.1, 0.15) is 16.4 Å². The molecule has 3 aromatic rings. The zero-order valence-corrected chi connectivity index (χ0v) is 19.7. The largest absolute Gasteiger partial charge is 0.497 e. The molecule has 1 aliphatic heterocycles. The Balaban J connectivity index is 1.43. The van der Waals surface area contributed by atoms with Crippen molar-refractivity contribution in [2.24, 2.45) is 0 Å². The number of hydrogen-bond donors (Lipinski definition) is 1. The van der Waals surface area contributed by atoms with Crippen LogP contribution in [0.1, 0.15) is 15.4 Å². The van der Waals surface area contributed by atoms with Crippen LogP contribution in [0.4, 0.5) is 15.2 Å². The molecule has 1 amide bonds. The summed E-state index contributed by atoms with van der Waals surface area (Å²) in [6.45, 7) is 4.07. The number of ether oxygens (including phenoxy) is 1. The van der Waals surface area contributed by atoms with E-state index >= 15 is 0 Å². The van der Waals surface area contributed by atoms with Crippen molar-refractivity contribution in [3.8, 4) is 5.75 Å². The van der Waals surface area contributed by atoms with Crippen molar-refractivity contribution < 1.29 is 22.3 Å². The molecule has 1 saturated heterocycles. The van der Waals surface area contributed by atoms with Crippen LogP contribution in [-0.2, 0) is 10.0 Å². The number of hydrogen-bond acceptors (Lipinski definition) is 7. The first-order chi connectivity index (χ1) is 15.8. The summed E-state index contributed by atoms with van der Waals surface area (Å²) in [7, 11) is -2.31. The van der Waals surface area contributed by atoms with E-state index in [2.05, 4.69) is 14.6 Å². The Hall–Kier alpha value is -3.18.